The molecule has 0 aliphatic carbocycles. The van der Waals surface area contributed by atoms with Crippen LogP contribution in [0.3, 0.4) is 0 Å². The van der Waals surface area contributed by atoms with Crippen LogP contribution in [0.15, 0.2) is 34.4 Å². The average Bonchev–Trinajstić information content (AvgIpc) is 3.07. The van der Waals surface area contributed by atoms with Gasteiger partial charge in [-0.2, -0.15) is 0 Å². The van der Waals surface area contributed by atoms with Crippen LogP contribution >= 0.6 is 11.3 Å². The zero-order valence-electron chi connectivity index (χ0n) is 15.5. The first-order valence-electron chi connectivity index (χ1n) is 9.06. The van der Waals surface area contributed by atoms with E-state index in [-0.39, 0.29) is 11.5 Å². The summed E-state index contributed by atoms with van der Waals surface area (Å²) in [6, 6.07) is 8.18. The molecule has 1 aliphatic heterocycles. The Morgan fingerprint density at radius 1 is 1.19 bits per heavy atom. The number of aryl methyl sites for hydroxylation is 1. The molecule has 1 amide bonds. The van der Waals surface area contributed by atoms with Crippen LogP contribution in [0.2, 0.25) is 0 Å². The van der Waals surface area contributed by atoms with Gasteiger partial charge < -0.3 is 9.88 Å². The molecule has 1 N–H and O–H groups in total. The Kier molecular flexibility index (Phi) is 4.80. The first-order valence-corrected chi connectivity index (χ1v) is 9.94. The Morgan fingerprint density at radius 3 is 2.56 bits per heavy atom. The maximum absolute atomic E-state index is 12.7. The number of fused-ring (bicyclic) bond motifs is 1. The van der Waals surface area contributed by atoms with Gasteiger partial charge in [-0.3, -0.25) is 14.5 Å². The van der Waals surface area contributed by atoms with E-state index in [9.17, 15) is 9.59 Å². The molecule has 140 valence electrons. The molecule has 3 aromatic rings. The van der Waals surface area contributed by atoms with E-state index in [1.165, 1.54) is 16.9 Å². The fraction of sp³-hybridized carbons (Fsp3) is 0.350. The molecule has 3 heterocycles. The molecule has 1 aromatic carbocycles. The average molecular weight is 382 g/mol. The Bertz CT molecular complexity index is 1030. The lowest BCUT2D eigenvalue weighted by atomic mass is 10.1. The van der Waals surface area contributed by atoms with E-state index in [2.05, 4.69) is 27.0 Å². The van der Waals surface area contributed by atoms with Crippen molar-refractivity contribution >= 4 is 27.5 Å². The van der Waals surface area contributed by atoms with Crippen LogP contribution in [0.25, 0.3) is 21.3 Å². The molecule has 2 aromatic heterocycles. The topological polar surface area (TPSA) is 69.3 Å². The van der Waals surface area contributed by atoms with Gasteiger partial charge in [0.1, 0.15) is 10.7 Å². The van der Waals surface area contributed by atoms with Crippen molar-refractivity contribution < 1.29 is 4.79 Å². The number of nitrogens with one attached hydrogen (secondary N) is 1. The Balaban J connectivity index is 1.57. The number of hydrogen-bond donors (Lipinski definition) is 1. The summed E-state index contributed by atoms with van der Waals surface area (Å²) in [7, 11) is 0. The summed E-state index contributed by atoms with van der Waals surface area (Å²) in [4.78, 5) is 36.7. The molecule has 0 saturated carbocycles. The molecule has 27 heavy (non-hydrogen) atoms. The van der Waals surface area contributed by atoms with Crippen LogP contribution in [-0.2, 0) is 11.3 Å². The molecule has 0 unspecified atom stereocenters. The largest absolute Gasteiger partial charge is 0.340 e. The van der Waals surface area contributed by atoms with E-state index in [1.54, 1.807) is 6.92 Å². The minimum atomic E-state index is -0.0887. The van der Waals surface area contributed by atoms with E-state index in [1.807, 2.05) is 29.3 Å². The van der Waals surface area contributed by atoms with Gasteiger partial charge in [-0.25, -0.2) is 4.98 Å². The van der Waals surface area contributed by atoms with Gasteiger partial charge in [-0.15, -0.1) is 11.3 Å². The number of amides is 1. The number of carbonyl (C=O) groups excluding carboxylic acids is 1. The predicted molar refractivity (Wildman–Crippen MR) is 108 cm³/mol. The molecule has 0 radical (unpaired) electrons. The maximum atomic E-state index is 12.7. The van der Waals surface area contributed by atoms with Gasteiger partial charge in [0, 0.05) is 44.0 Å². The van der Waals surface area contributed by atoms with E-state index >= 15 is 0 Å². The van der Waals surface area contributed by atoms with Gasteiger partial charge in [0.25, 0.3) is 5.56 Å². The highest BCUT2D eigenvalue weighted by molar-refractivity contribution is 7.17. The lowest BCUT2D eigenvalue weighted by molar-refractivity contribution is -0.130. The highest BCUT2D eigenvalue weighted by atomic mass is 32.1. The minimum absolute atomic E-state index is 0.0887. The first-order chi connectivity index (χ1) is 13.0. The molecule has 1 saturated heterocycles. The van der Waals surface area contributed by atoms with Crippen LogP contribution in [0, 0.1) is 6.92 Å². The molecule has 6 nitrogen and oxygen atoms in total. The Labute approximate surface area is 161 Å². The quantitative estimate of drug-likeness (QED) is 0.756. The normalized spacial score (nSPS) is 15.4. The number of aromatic amines is 1. The smallest absolute Gasteiger partial charge is 0.260 e. The zero-order valence-corrected chi connectivity index (χ0v) is 16.3. The van der Waals surface area contributed by atoms with Crippen molar-refractivity contribution in [3.05, 3.63) is 51.4 Å². The molecule has 0 atom stereocenters. The highest BCUT2D eigenvalue weighted by Crippen LogP contribution is 2.30. The molecule has 1 fully saturated rings. The number of hydrogen-bond acceptors (Lipinski definition) is 5. The number of benzene rings is 1. The Morgan fingerprint density at radius 2 is 1.89 bits per heavy atom. The second-order valence-corrected chi connectivity index (χ2v) is 7.85. The second-order valence-electron chi connectivity index (χ2n) is 6.99. The van der Waals surface area contributed by atoms with Gasteiger partial charge in [-0.1, -0.05) is 29.8 Å². The van der Waals surface area contributed by atoms with Gasteiger partial charge in [0.2, 0.25) is 5.91 Å². The number of nitrogens with zero attached hydrogens (tertiary/aromatic N) is 3. The van der Waals surface area contributed by atoms with Crippen molar-refractivity contribution in [2.75, 3.05) is 26.2 Å². The van der Waals surface area contributed by atoms with Crippen molar-refractivity contribution in [1.82, 2.24) is 19.8 Å². The number of aromatic nitrogens is 2. The summed E-state index contributed by atoms with van der Waals surface area (Å²) in [5.41, 5.74) is 3.07. The molecule has 0 bridgehead atoms. The first kappa shape index (κ1) is 17.9. The minimum Gasteiger partial charge on any atom is -0.340 e. The number of carbonyl (C=O) groups is 1. The van der Waals surface area contributed by atoms with Crippen LogP contribution in [0.4, 0.5) is 0 Å². The SMILES string of the molecule is CC(=O)N1CCN(Cc2nc3scc(-c4ccc(C)cc4)c3c(=O)[nH]2)CC1. The number of piperazine rings is 1. The molecular weight excluding hydrogens is 360 g/mol. The second kappa shape index (κ2) is 7.25. The summed E-state index contributed by atoms with van der Waals surface area (Å²) < 4.78 is 0. The number of rotatable bonds is 3. The summed E-state index contributed by atoms with van der Waals surface area (Å²) in [6.07, 6.45) is 0. The van der Waals surface area contributed by atoms with Crippen molar-refractivity contribution in [3.63, 3.8) is 0 Å². The molecular formula is C20H22N4O2S. The highest BCUT2D eigenvalue weighted by Gasteiger charge is 2.20. The van der Waals surface area contributed by atoms with E-state index in [0.717, 1.165) is 42.1 Å². The van der Waals surface area contributed by atoms with Crippen LogP contribution in [-0.4, -0.2) is 51.9 Å². The van der Waals surface area contributed by atoms with Gasteiger partial charge in [0.05, 0.1) is 11.9 Å². The van der Waals surface area contributed by atoms with E-state index in [0.29, 0.717) is 17.8 Å². The Hall–Kier alpha value is -2.51. The fourth-order valence-corrected chi connectivity index (χ4v) is 4.41. The summed E-state index contributed by atoms with van der Waals surface area (Å²) in [5.74, 6) is 0.797. The monoisotopic (exact) mass is 382 g/mol. The molecule has 7 heteroatoms. The fourth-order valence-electron chi connectivity index (χ4n) is 3.45. The van der Waals surface area contributed by atoms with Gasteiger partial charge in [0.15, 0.2) is 0 Å². The third kappa shape index (κ3) is 3.65. The van der Waals surface area contributed by atoms with E-state index in [4.69, 9.17) is 0 Å². The molecule has 0 spiro atoms. The van der Waals surface area contributed by atoms with Gasteiger partial charge in [-0.05, 0) is 12.5 Å². The van der Waals surface area contributed by atoms with Crippen molar-refractivity contribution in [3.8, 4) is 11.1 Å². The number of thiophene rings is 1. The van der Waals surface area contributed by atoms with Gasteiger partial charge >= 0.3 is 0 Å². The van der Waals surface area contributed by atoms with Crippen LogP contribution < -0.4 is 5.56 Å². The maximum Gasteiger partial charge on any atom is 0.260 e. The zero-order chi connectivity index (χ0) is 19.0. The summed E-state index contributed by atoms with van der Waals surface area (Å²) in [5, 5.41) is 2.67. The predicted octanol–water partition coefficient (Wildman–Crippen LogP) is 2.62. The lowest BCUT2D eigenvalue weighted by Gasteiger charge is -2.33. The van der Waals surface area contributed by atoms with Crippen LogP contribution in [0.5, 0.6) is 0 Å². The number of H-pyrrole nitrogens is 1. The third-order valence-electron chi connectivity index (χ3n) is 5.05. The van der Waals surface area contributed by atoms with Crippen LogP contribution in [0.1, 0.15) is 18.3 Å². The standard InChI is InChI=1S/C20H22N4O2S/c1-13-3-5-15(6-4-13)16-12-27-20-18(16)19(26)21-17(22-20)11-23-7-9-24(10-8-23)14(2)25/h3-6,12H,7-11H2,1-2H3,(H,21,22,26). The van der Waals surface area contributed by atoms with E-state index < -0.39 is 0 Å². The molecule has 1 aliphatic rings. The van der Waals surface area contributed by atoms with Crippen molar-refractivity contribution in [1.29, 1.82) is 0 Å². The lowest BCUT2D eigenvalue weighted by Crippen LogP contribution is -2.47. The molecule has 4 rings (SSSR count). The third-order valence-corrected chi connectivity index (χ3v) is 5.92. The summed E-state index contributed by atoms with van der Waals surface area (Å²) in [6.45, 7) is 7.27. The summed E-state index contributed by atoms with van der Waals surface area (Å²) >= 11 is 1.51. The van der Waals surface area contributed by atoms with Crippen molar-refractivity contribution in [2.24, 2.45) is 0 Å². The van der Waals surface area contributed by atoms with Crippen molar-refractivity contribution in [2.45, 2.75) is 20.4 Å².